The van der Waals surface area contributed by atoms with Gasteiger partial charge in [0, 0.05) is 44.4 Å². The Kier molecular flexibility index (Phi) is 7.57. The first-order valence-electron chi connectivity index (χ1n) is 22.2. The van der Waals surface area contributed by atoms with Gasteiger partial charge in [-0.05, 0) is 93.0 Å². The summed E-state index contributed by atoms with van der Waals surface area (Å²) < 4.78 is 20.7. The zero-order valence-corrected chi connectivity index (χ0v) is 35.0. The second kappa shape index (κ2) is 13.7. The van der Waals surface area contributed by atoms with E-state index in [4.69, 9.17) is 13.9 Å². The average molecular weight is 832 g/mol. The highest BCUT2D eigenvalue weighted by Crippen LogP contribution is 2.66. The van der Waals surface area contributed by atoms with Crippen LogP contribution in [0.5, 0.6) is 23.0 Å². The molecule has 0 radical (unpaired) electrons. The van der Waals surface area contributed by atoms with Crippen LogP contribution in [0, 0.1) is 0 Å². The Bertz CT molecular complexity index is 3690. The molecule has 0 saturated carbocycles. The number of nitrogens with zero attached hydrogens (tertiary/aromatic N) is 1. The van der Waals surface area contributed by atoms with E-state index >= 15 is 0 Å². The number of benzene rings is 10. The van der Waals surface area contributed by atoms with Crippen LogP contribution in [0.3, 0.4) is 0 Å². The van der Waals surface area contributed by atoms with Gasteiger partial charge in [0.2, 0.25) is 0 Å². The Morgan fingerprint density at radius 2 is 0.908 bits per heavy atom. The molecule has 11 aromatic rings. The first kappa shape index (κ1) is 35.9. The molecule has 65 heavy (non-hydrogen) atoms. The first-order valence-corrected chi connectivity index (χ1v) is 22.2. The van der Waals surface area contributed by atoms with Gasteiger partial charge in [-0.3, -0.25) is 0 Å². The van der Waals surface area contributed by atoms with Crippen molar-refractivity contribution in [3.05, 3.63) is 247 Å². The Hall–Kier alpha value is -8.60. The second-order valence-corrected chi connectivity index (χ2v) is 17.1. The van der Waals surface area contributed by atoms with Gasteiger partial charge in [0.15, 0.2) is 23.0 Å². The molecule has 14 rings (SSSR count). The number of hydrogen-bond acceptors (Lipinski definition) is 4. The molecule has 2 aliphatic carbocycles. The van der Waals surface area contributed by atoms with Gasteiger partial charge in [0.05, 0.1) is 11.1 Å². The van der Waals surface area contributed by atoms with Crippen LogP contribution in [0.25, 0.3) is 66.4 Å². The highest BCUT2D eigenvalue weighted by Gasteiger charge is 2.53. The van der Waals surface area contributed by atoms with E-state index in [9.17, 15) is 0 Å². The van der Waals surface area contributed by atoms with Gasteiger partial charge >= 0.3 is 0 Å². The number of para-hydroxylation sites is 5. The quantitative estimate of drug-likeness (QED) is 0.173. The van der Waals surface area contributed by atoms with Crippen molar-refractivity contribution in [2.24, 2.45) is 0 Å². The molecule has 304 valence electrons. The van der Waals surface area contributed by atoms with Crippen LogP contribution in [0.15, 0.2) is 229 Å². The summed E-state index contributed by atoms with van der Waals surface area (Å²) in [5.74, 6) is 2.81. The van der Waals surface area contributed by atoms with Crippen LogP contribution in [-0.4, -0.2) is 0 Å². The molecule has 10 aromatic carbocycles. The lowest BCUT2D eigenvalue weighted by Crippen LogP contribution is -2.25. The van der Waals surface area contributed by atoms with Crippen LogP contribution >= 0.6 is 0 Å². The zero-order valence-electron chi connectivity index (χ0n) is 35.0. The summed E-state index contributed by atoms with van der Waals surface area (Å²) >= 11 is 0. The lowest BCUT2D eigenvalue weighted by Gasteiger charge is -2.31. The predicted octanol–water partition coefficient (Wildman–Crippen LogP) is 16.6. The molecule has 0 saturated heterocycles. The van der Waals surface area contributed by atoms with Gasteiger partial charge in [-0.1, -0.05) is 176 Å². The van der Waals surface area contributed by atoms with Crippen LogP contribution < -0.4 is 14.4 Å². The van der Waals surface area contributed by atoms with Crippen molar-refractivity contribution < 1.29 is 13.9 Å². The molecule has 0 bridgehead atoms. The maximum absolute atomic E-state index is 7.36. The molecule has 0 amide bonds. The Morgan fingerprint density at radius 1 is 0.338 bits per heavy atom. The zero-order chi connectivity index (χ0) is 42.6. The molecule has 3 aliphatic rings. The monoisotopic (exact) mass is 831 g/mol. The van der Waals surface area contributed by atoms with E-state index in [0.717, 1.165) is 78.1 Å². The first-order chi connectivity index (χ1) is 32.3. The van der Waals surface area contributed by atoms with Crippen molar-refractivity contribution in [2.75, 3.05) is 4.90 Å². The van der Waals surface area contributed by atoms with Gasteiger partial charge in [-0.15, -0.1) is 0 Å². The van der Waals surface area contributed by atoms with E-state index in [1.54, 1.807) is 0 Å². The average Bonchev–Trinajstić information content (AvgIpc) is 4.01. The van der Waals surface area contributed by atoms with E-state index < -0.39 is 5.41 Å². The van der Waals surface area contributed by atoms with Gasteiger partial charge in [0.1, 0.15) is 11.2 Å². The number of ether oxygens (including phenoxy) is 2. The minimum absolute atomic E-state index is 0.492. The van der Waals surface area contributed by atoms with Crippen molar-refractivity contribution in [1.29, 1.82) is 0 Å². The number of fused-ring (bicyclic) bond motifs is 16. The molecular formula is C61H37NO3. The fourth-order valence-electron chi connectivity index (χ4n) is 11.1. The van der Waals surface area contributed by atoms with E-state index in [0.29, 0.717) is 17.2 Å². The molecule has 1 aliphatic heterocycles. The molecule has 0 N–H and O–H groups in total. The molecule has 0 unspecified atom stereocenters. The highest BCUT2D eigenvalue weighted by molar-refractivity contribution is 6.09. The fraction of sp³-hybridized carbons (Fsp3) is 0.0164. The normalized spacial score (nSPS) is 13.3. The van der Waals surface area contributed by atoms with Crippen LogP contribution in [0.1, 0.15) is 22.3 Å². The smallest absolute Gasteiger partial charge is 0.178 e. The molecule has 0 fully saturated rings. The van der Waals surface area contributed by atoms with Gasteiger partial charge < -0.3 is 18.8 Å². The number of anilines is 3. The number of furan rings is 1. The molecule has 2 heterocycles. The highest BCUT2D eigenvalue weighted by atomic mass is 16.6. The Labute approximate surface area is 375 Å². The van der Waals surface area contributed by atoms with Crippen LogP contribution in [-0.2, 0) is 5.41 Å². The van der Waals surface area contributed by atoms with Crippen molar-refractivity contribution in [3.8, 4) is 67.5 Å². The van der Waals surface area contributed by atoms with Crippen LogP contribution in [0.4, 0.5) is 17.1 Å². The topological polar surface area (TPSA) is 34.8 Å². The van der Waals surface area contributed by atoms with Crippen molar-refractivity contribution in [2.45, 2.75) is 5.41 Å². The lowest BCUT2D eigenvalue weighted by atomic mass is 9.70. The van der Waals surface area contributed by atoms with E-state index in [1.165, 1.54) is 33.4 Å². The fourth-order valence-corrected chi connectivity index (χ4v) is 11.1. The van der Waals surface area contributed by atoms with E-state index in [-0.39, 0.29) is 0 Å². The van der Waals surface area contributed by atoms with Crippen LogP contribution in [0.2, 0.25) is 0 Å². The molecule has 4 heteroatoms. The maximum atomic E-state index is 7.36. The SMILES string of the molecule is c1ccc(N(c2ccc(-c3cccc4c3oc3ccccc34)cc2)c2ccccc2-c2cccc3c2Oc2c(ccc4c2-c2ccccc2C42c4ccccc4-c4ccccc42)O3)cc1. The van der Waals surface area contributed by atoms with Gasteiger partial charge in [0.25, 0.3) is 0 Å². The van der Waals surface area contributed by atoms with E-state index in [1.807, 2.05) is 18.2 Å². The summed E-state index contributed by atoms with van der Waals surface area (Å²) in [4.78, 5) is 2.32. The minimum Gasteiger partial charge on any atom is -0.455 e. The van der Waals surface area contributed by atoms with Crippen molar-refractivity contribution in [1.82, 2.24) is 0 Å². The molecule has 4 nitrogen and oxygen atoms in total. The summed E-state index contributed by atoms with van der Waals surface area (Å²) in [5.41, 5.74) is 18.3. The van der Waals surface area contributed by atoms with Gasteiger partial charge in [-0.2, -0.15) is 0 Å². The summed E-state index contributed by atoms with van der Waals surface area (Å²) in [6.07, 6.45) is 0. The van der Waals surface area contributed by atoms with E-state index in [2.05, 4.69) is 211 Å². The Balaban J connectivity index is 0.909. The summed E-state index contributed by atoms with van der Waals surface area (Å²) in [6, 6.07) is 79.7. The molecule has 1 spiro atoms. The lowest BCUT2D eigenvalue weighted by molar-refractivity contribution is 0.361. The molecular weight excluding hydrogens is 795 g/mol. The largest absolute Gasteiger partial charge is 0.455 e. The van der Waals surface area contributed by atoms with Gasteiger partial charge in [-0.25, -0.2) is 0 Å². The Morgan fingerprint density at radius 3 is 1.69 bits per heavy atom. The minimum atomic E-state index is -0.492. The summed E-state index contributed by atoms with van der Waals surface area (Å²) in [6.45, 7) is 0. The third kappa shape index (κ3) is 5.02. The number of hydrogen-bond donors (Lipinski definition) is 0. The summed E-state index contributed by atoms with van der Waals surface area (Å²) in [7, 11) is 0. The number of rotatable bonds is 5. The maximum Gasteiger partial charge on any atom is 0.178 e. The summed E-state index contributed by atoms with van der Waals surface area (Å²) in [5, 5.41) is 2.24. The van der Waals surface area contributed by atoms with Crippen molar-refractivity contribution >= 4 is 39.0 Å². The molecule has 0 atom stereocenters. The van der Waals surface area contributed by atoms with Crippen molar-refractivity contribution in [3.63, 3.8) is 0 Å². The third-order valence-electron chi connectivity index (χ3n) is 13.8. The predicted molar refractivity (Wildman–Crippen MR) is 262 cm³/mol. The second-order valence-electron chi connectivity index (χ2n) is 17.1. The molecule has 1 aromatic heterocycles. The third-order valence-corrected chi connectivity index (χ3v) is 13.8. The standard InChI is InChI=1S/C61H37NO3/c1-2-16-39(17-3-1)62(40-34-32-38(33-35-40)41-23-14-24-47-45-21-8-13-30-54(45)64-58(41)47)53-29-12-7-20-44(53)46-25-15-31-55-59(46)65-60-56(63-55)37-36-52-57(60)48-22-6-11-28-51(48)61(52)49-26-9-4-18-42(49)43-19-5-10-27-50(43)61/h1-37H.